The molecule has 0 aromatic heterocycles. The lowest BCUT2D eigenvalue weighted by molar-refractivity contribution is -0.134. The van der Waals surface area contributed by atoms with E-state index in [4.69, 9.17) is 22.1 Å². The summed E-state index contributed by atoms with van der Waals surface area (Å²) >= 11 is 5.84. The molecule has 2 aromatic carbocycles. The summed E-state index contributed by atoms with van der Waals surface area (Å²) in [5.41, 5.74) is 6.47. The highest BCUT2D eigenvalue weighted by Crippen LogP contribution is 2.23. The fraction of sp³-hybridized carbons (Fsp3) is 0.222. The Bertz CT molecular complexity index is 734. The number of ether oxygens (including phenoxy) is 1. The summed E-state index contributed by atoms with van der Waals surface area (Å²) < 4.78 is 5.47. The van der Waals surface area contributed by atoms with Crippen LogP contribution in [0.15, 0.2) is 48.5 Å². The lowest BCUT2D eigenvalue weighted by Gasteiger charge is -2.25. The quantitative estimate of drug-likeness (QED) is 0.873. The van der Waals surface area contributed by atoms with Crippen molar-refractivity contribution in [2.45, 2.75) is 13.0 Å². The number of halogens is 1. The van der Waals surface area contributed by atoms with Gasteiger partial charge < -0.3 is 15.4 Å². The zero-order valence-corrected chi connectivity index (χ0v) is 14.3. The highest BCUT2D eigenvalue weighted by molar-refractivity contribution is 6.31. The van der Waals surface area contributed by atoms with Gasteiger partial charge in [-0.2, -0.15) is 0 Å². The van der Waals surface area contributed by atoms with Crippen molar-refractivity contribution in [2.24, 2.45) is 5.73 Å². The minimum absolute atomic E-state index is 0.0943. The van der Waals surface area contributed by atoms with Crippen LogP contribution in [-0.2, 0) is 4.79 Å². The number of likely N-dealkylation sites (N-methyl/N-ethyl adjacent to an activating group) is 1. The molecule has 0 radical (unpaired) electrons. The molecular weight excluding hydrogens is 328 g/mol. The monoisotopic (exact) mass is 346 g/mol. The molecule has 0 saturated heterocycles. The third-order valence-electron chi connectivity index (χ3n) is 3.81. The van der Waals surface area contributed by atoms with Crippen LogP contribution < -0.4 is 10.5 Å². The first-order valence-electron chi connectivity index (χ1n) is 7.43. The van der Waals surface area contributed by atoms with Crippen LogP contribution in [0.25, 0.3) is 0 Å². The number of primary amides is 1. The van der Waals surface area contributed by atoms with Gasteiger partial charge in [-0.15, -0.1) is 0 Å². The van der Waals surface area contributed by atoms with Crippen molar-refractivity contribution in [1.29, 1.82) is 0 Å². The molecule has 126 valence electrons. The fourth-order valence-corrected chi connectivity index (χ4v) is 2.41. The Morgan fingerprint density at radius 3 is 2.50 bits per heavy atom. The molecular formula is C18H19ClN2O3. The molecule has 1 atom stereocenters. The molecule has 0 heterocycles. The van der Waals surface area contributed by atoms with Crippen molar-refractivity contribution in [1.82, 2.24) is 4.90 Å². The number of carbonyl (C=O) groups excluding carboxylic acids is 2. The van der Waals surface area contributed by atoms with E-state index in [-0.39, 0.29) is 29.9 Å². The van der Waals surface area contributed by atoms with Gasteiger partial charge in [-0.05, 0) is 30.7 Å². The molecule has 2 rings (SSSR count). The Labute approximate surface area is 146 Å². The summed E-state index contributed by atoms with van der Waals surface area (Å²) in [6.45, 7) is 1.74. The molecule has 0 aliphatic carbocycles. The molecule has 0 unspecified atom stereocenters. The van der Waals surface area contributed by atoms with E-state index in [0.717, 1.165) is 5.56 Å². The Hall–Kier alpha value is -2.53. The molecule has 2 N–H and O–H groups in total. The number of hydrogen-bond donors (Lipinski definition) is 1. The number of rotatable bonds is 6. The van der Waals surface area contributed by atoms with Crippen LogP contribution in [0.3, 0.4) is 0 Å². The van der Waals surface area contributed by atoms with Crippen LogP contribution in [0.4, 0.5) is 0 Å². The summed E-state index contributed by atoms with van der Waals surface area (Å²) in [4.78, 5) is 25.4. The van der Waals surface area contributed by atoms with Gasteiger partial charge in [-0.1, -0.05) is 41.9 Å². The summed E-state index contributed by atoms with van der Waals surface area (Å²) in [6.07, 6.45) is 0. The van der Waals surface area contributed by atoms with Crippen molar-refractivity contribution >= 4 is 23.4 Å². The number of hydrogen-bond acceptors (Lipinski definition) is 3. The van der Waals surface area contributed by atoms with Gasteiger partial charge in [-0.3, -0.25) is 9.59 Å². The van der Waals surface area contributed by atoms with Crippen molar-refractivity contribution in [3.8, 4) is 5.75 Å². The van der Waals surface area contributed by atoms with Crippen LogP contribution in [0.5, 0.6) is 5.75 Å². The minimum atomic E-state index is -0.661. The lowest BCUT2D eigenvalue weighted by Crippen LogP contribution is -2.33. The number of nitrogens with zero attached hydrogens (tertiary/aromatic N) is 1. The maximum Gasteiger partial charge on any atom is 0.260 e. The van der Waals surface area contributed by atoms with Crippen molar-refractivity contribution in [3.63, 3.8) is 0 Å². The largest absolute Gasteiger partial charge is 0.483 e. The van der Waals surface area contributed by atoms with Crippen molar-refractivity contribution in [2.75, 3.05) is 13.7 Å². The van der Waals surface area contributed by atoms with Gasteiger partial charge >= 0.3 is 0 Å². The van der Waals surface area contributed by atoms with Crippen LogP contribution in [-0.4, -0.2) is 30.4 Å². The maximum atomic E-state index is 12.3. The smallest absolute Gasteiger partial charge is 0.260 e. The van der Waals surface area contributed by atoms with Crippen molar-refractivity contribution in [3.05, 3.63) is 64.7 Å². The molecule has 0 saturated carbocycles. The average molecular weight is 347 g/mol. The Kier molecular flexibility index (Phi) is 5.82. The second-order valence-electron chi connectivity index (χ2n) is 5.38. The summed E-state index contributed by atoms with van der Waals surface area (Å²) in [5, 5.41) is 0.372. The molecule has 0 spiro atoms. The van der Waals surface area contributed by atoms with E-state index in [9.17, 15) is 9.59 Å². The van der Waals surface area contributed by atoms with E-state index in [0.29, 0.717) is 5.02 Å². The van der Waals surface area contributed by atoms with Gasteiger partial charge in [0.25, 0.3) is 11.8 Å². The number of carbonyl (C=O) groups is 2. The third-order valence-corrected chi connectivity index (χ3v) is 4.05. The number of amides is 2. The fourth-order valence-electron chi connectivity index (χ4n) is 2.23. The average Bonchev–Trinajstić information content (AvgIpc) is 2.59. The number of nitrogens with two attached hydrogens (primary N) is 1. The van der Waals surface area contributed by atoms with E-state index >= 15 is 0 Å². The summed E-state index contributed by atoms with van der Waals surface area (Å²) in [6, 6.07) is 14.1. The van der Waals surface area contributed by atoms with Gasteiger partial charge in [0.05, 0.1) is 11.6 Å². The normalized spacial score (nSPS) is 11.6. The van der Waals surface area contributed by atoms with Gasteiger partial charge in [0, 0.05) is 12.1 Å². The predicted octanol–water partition coefficient (Wildman–Crippen LogP) is 3.04. The Balaban J connectivity index is 2.04. The van der Waals surface area contributed by atoms with Gasteiger partial charge in [0.2, 0.25) is 0 Å². The topological polar surface area (TPSA) is 72.6 Å². The SMILES string of the molecule is C[C@H](c1ccccc1)N(C)C(=O)COc1ccc(Cl)cc1C(N)=O. The lowest BCUT2D eigenvalue weighted by atomic mass is 10.1. The van der Waals surface area contributed by atoms with Gasteiger partial charge in [0.15, 0.2) is 6.61 Å². The van der Waals surface area contributed by atoms with Crippen molar-refractivity contribution < 1.29 is 14.3 Å². The van der Waals surface area contributed by atoms with Gasteiger partial charge in [-0.25, -0.2) is 0 Å². The zero-order chi connectivity index (χ0) is 17.7. The van der Waals surface area contributed by atoms with Crippen LogP contribution >= 0.6 is 11.6 Å². The highest BCUT2D eigenvalue weighted by atomic mass is 35.5. The summed E-state index contributed by atoms with van der Waals surface area (Å²) in [5.74, 6) is -0.635. The molecule has 0 bridgehead atoms. The molecule has 0 aliphatic rings. The Morgan fingerprint density at radius 2 is 1.88 bits per heavy atom. The van der Waals surface area contributed by atoms with E-state index in [1.165, 1.54) is 12.1 Å². The molecule has 5 nitrogen and oxygen atoms in total. The van der Waals surface area contributed by atoms with E-state index < -0.39 is 5.91 Å². The first kappa shape index (κ1) is 17.8. The molecule has 2 aromatic rings. The Morgan fingerprint density at radius 1 is 1.21 bits per heavy atom. The third kappa shape index (κ3) is 4.26. The second-order valence-corrected chi connectivity index (χ2v) is 5.82. The molecule has 0 aliphatic heterocycles. The van der Waals surface area contributed by atoms with Gasteiger partial charge in [0.1, 0.15) is 5.75 Å². The van der Waals surface area contributed by atoms with Crippen LogP contribution in [0.1, 0.15) is 28.9 Å². The van der Waals surface area contributed by atoms with Crippen LogP contribution in [0, 0.1) is 0 Å². The van der Waals surface area contributed by atoms with E-state index in [2.05, 4.69) is 0 Å². The molecule has 6 heteroatoms. The zero-order valence-electron chi connectivity index (χ0n) is 13.5. The molecule has 0 fully saturated rings. The standard InChI is InChI=1S/C18H19ClN2O3/c1-12(13-6-4-3-5-7-13)21(2)17(22)11-24-16-9-8-14(19)10-15(16)18(20)23/h3-10,12H,11H2,1-2H3,(H2,20,23)/t12-/m1/s1. The minimum Gasteiger partial charge on any atom is -0.483 e. The predicted molar refractivity (Wildman–Crippen MR) is 93.1 cm³/mol. The first-order chi connectivity index (χ1) is 11.4. The first-order valence-corrected chi connectivity index (χ1v) is 7.80. The molecule has 2 amide bonds. The summed E-state index contributed by atoms with van der Waals surface area (Å²) in [7, 11) is 1.71. The maximum absolute atomic E-state index is 12.3. The van der Waals surface area contributed by atoms with E-state index in [1.807, 2.05) is 37.3 Å². The van der Waals surface area contributed by atoms with Crippen LogP contribution in [0.2, 0.25) is 5.02 Å². The number of benzene rings is 2. The second kappa shape index (κ2) is 7.84. The highest BCUT2D eigenvalue weighted by Gasteiger charge is 2.19. The molecule has 24 heavy (non-hydrogen) atoms. The van der Waals surface area contributed by atoms with E-state index in [1.54, 1.807) is 18.0 Å².